The summed E-state index contributed by atoms with van der Waals surface area (Å²) in [5.41, 5.74) is 2.10. The van der Waals surface area contributed by atoms with Crippen LogP contribution >= 0.6 is 11.3 Å². The van der Waals surface area contributed by atoms with Crippen molar-refractivity contribution in [3.8, 4) is 11.5 Å². The van der Waals surface area contributed by atoms with E-state index in [1.807, 2.05) is 55.6 Å². The second-order valence-electron chi connectivity index (χ2n) is 6.47. The third kappa shape index (κ3) is 3.66. The summed E-state index contributed by atoms with van der Waals surface area (Å²) in [6.07, 6.45) is 0.381. The standard InChI is InChI=1S/C21H21N3O3S/c1-22-21-24-20-19(28-21)15(11-18(25)23-20)14-8-9-16(17(10-14)26-2)27-12-13-6-4-3-5-7-13/h3-10,15H,11-12H2,1-2H3,(H,22,24)(H,23,25)/t15-/m0/s1. The summed E-state index contributed by atoms with van der Waals surface area (Å²) in [7, 11) is 3.45. The topological polar surface area (TPSA) is 72.5 Å². The number of carbonyl (C=O) groups is 1. The molecule has 1 amide bonds. The van der Waals surface area contributed by atoms with Crippen molar-refractivity contribution in [2.24, 2.45) is 0 Å². The number of amides is 1. The van der Waals surface area contributed by atoms with Gasteiger partial charge in [-0.2, -0.15) is 0 Å². The Hall–Kier alpha value is -3.06. The van der Waals surface area contributed by atoms with Gasteiger partial charge < -0.3 is 20.1 Å². The Balaban J connectivity index is 1.61. The average molecular weight is 395 g/mol. The van der Waals surface area contributed by atoms with Crippen molar-refractivity contribution < 1.29 is 14.3 Å². The average Bonchev–Trinajstić information content (AvgIpc) is 3.15. The molecule has 7 heteroatoms. The van der Waals surface area contributed by atoms with Gasteiger partial charge in [0.1, 0.15) is 12.4 Å². The number of methoxy groups -OCH3 is 1. The molecule has 6 nitrogen and oxygen atoms in total. The summed E-state index contributed by atoms with van der Waals surface area (Å²) in [4.78, 5) is 17.6. The summed E-state index contributed by atoms with van der Waals surface area (Å²) >= 11 is 1.56. The maximum atomic E-state index is 12.2. The van der Waals surface area contributed by atoms with Crippen molar-refractivity contribution >= 4 is 28.2 Å². The van der Waals surface area contributed by atoms with E-state index in [1.54, 1.807) is 18.4 Å². The number of hydrogen-bond acceptors (Lipinski definition) is 6. The van der Waals surface area contributed by atoms with E-state index in [9.17, 15) is 4.79 Å². The Morgan fingerprint density at radius 3 is 2.79 bits per heavy atom. The van der Waals surface area contributed by atoms with Crippen LogP contribution in [0.15, 0.2) is 48.5 Å². The fourth-order valence-electron chi connectivity index (χ4n) is 3.25. The van der Waals surface area contributed by atoms with Crippen molar-refractivity contribution in [1.29, 1.82) is 0 Å². The van der Waals surface area contributed by atoms with E-state index >= 15 is 0 Å². The van der Waals surface area contributed by atoms with Crippen LogP contribution in [0.4, 0.5) is 10.9 Å². The first-order chi connectivity index (χ1) is 13.7. The SMILES string of the molecule is CNc1nc2c(s1)[C@H](c1ccc(OCc3ccccc3)c(OC)c1)CC(=O)N2. The molecule has 1 aliphatic rings. The molecule has 0 saturated heterocycles. The summed E-state index contributed by atoms with van der Waals surface area (Å²) in [6, 6.07) is 15.8. The summed E-state index contributed by atoms with van der Waals surface area (Å²) < 4.78 is 11.5. The molecule has 1 aliphatic heterocycles. The number of aromatic nitrogens is 1. The van der Waals surface area contributed by atoms with Crippen molar-refractivity contribution in [3.05, 3.63) is 64.5 Å². The van der Waals surface area contributed by atoms with E-state index in [-0.39, 0.29) is 11.8 Å². The van der Waals surface area contributed by atoms with Crippen molar-refractivity contribution in [2.45, 2.75) is 18.9 Å². The Labute approximate surface area is 167 Å². The highest BCUT2D eigenvalue weighted by Crippen LogP contribution is 2.44. The van der Waals surface area contributed by atoms with Gasteiger partial charge in [-0.05, 0) is 23.3 Å². The van der Waals surface area contributed by atoms with Crippen LogP contribution < -0.4 is 20.1 Å². The maximum absolute atomic E-state index is 12.2. The lowest BCUT2D eigenvalue weighted by Gasteiger charge is -2.22. The minimum Gasteiger partial charge on any atom is -0.493 e. The summed E-state index contributed by atoms with van der Waals surface area (Å²) in [5, 5.41) is 6.69. The molecule has 0 bridgehead atoms. The molecule has 0 radical (unpaired) electrons. The second kappa shape index (κ2) is 7.90. The molecule has 1 atom stereocenters. The van der Waals surface area contributed by atoms with Crippen LogP contribution in [0.2, 0.25) is 0 Å². The summed E-state index contributed by atoms with van der Waals surface area (Å²) in [6.45, 7) is 0.465. The smallest absolute Gasteiger partial charge is 0.226 e. The molecule has 0 aliphatic carbocycles. The van der Waals surface area contributed by atoms with Crippen molar-refractivity contribution in [1.82, 2.24) is 4.98 Å². The Morgan fingerprint density at radius 1 is 1.21 bits per heavy atom. The lowest BCUT2D eigenvalue weighted by molar-refractivity contribution is -0.116. The quantitative estimate of drug-likeness (QED) is 0.653. The monoisotopic (exact) mass is 395 g/mol. The highest BCUT2D eigenvalue weighted by atomic mass is 32.1. The minimum absolute atomic E-state index is 0.0335. The fraction of sp³-hybridized carbons (Fsp3) is 0.238. The van der Waals surface area contributed by atoms with E-state index in [4.69, 9.17) is 9.47 Å². The molecular formula is C21H21N3O3S. The van der Waals surface area contributed by atoms with Crippen LogP contribution in [-0.4, -0.2) is 25.0 Å². The first-order valence-electron chi connectivity index (χ1n) is 9.01. The van der Waals surface area contributed by atoms with Gasteiger partial charge in [-0.15, -0.1) is 0 Å². The number of anilines is 2. The van der Waals surface area contributed by atoms with Crippen LogP contribution in [0.1, 0.15) is 28.3 Å². The van der Waals surface area contributed by atoms with Crippen LogP contribution in [0.5, 0.6) is 11.5 Å². The third-order valence-corrected chi connectivity index (χ3v) is 5.84. The molecule has 0 fully saturated rings. The zero-order chi connectivity index (χ0) is 19.5. The van der Waals surface area contributed by atoms with Gasteiger partial charge in [0.15, 0.2) is 16.6 Å². The summed E-state index contributed by atoms with van der Waals surface area (Å²) in [5.74, 6) is 1.88. The molecule has 0 unspecified atom stereocenters. The van der Waals surface area contributed by atoms with Gasteiger partial charge in [0.25, 0.3) is 0 Å². The molecule has 144 valence electrons. The molecule has 0 spiro atoms. The van der Waals surface area contributed by atoms with Crippen molar-refractivity contribution in [3.63, 3.8) is 0 Å². The second-order valence-corrected chi connectivity index (χ2v) is 7.50. The van der Waals surface area contributed by atoms with Crippen LogP contribution in [0.25, 0.3) is 0 Å². The number of hydrogen-bond donors (Lipinski definition) is 2. The zero-order valence-corrected chi connectivity index (χ0v) is 16.5. The largest absolute Gasteiger partial charge is 0.493 e. The van der Waals surface area contributed by atoms with E-state index in [1.165, 1.54) is 0 Å². The van der Waals surface area contributed by atoms with Gasteiger partial charge in [-0.3, -0.25) is 4.79 Å². The van der Waals surface area contributed by atoms with E-state index < -0.39 is 0 Å². The fourth-order valence-corrected chi connectivity index (χ4v) is 4.25. The number of ether oxygens (including phenoxy) is 2. The predicted octanol–water partition coefficient (Wildman–Crippen LogP) is 4.25. The van der Waals surface area contributed by atoms with Gasteiger partial charge >= 0.3 is 0 Å². The predicted molar refractivity (Wildman–Crippen MR) is 111 cm³/mol. The first kappa shape index (κ1) is 18.3. The number of nitrogens with zero attached hydrogens (tertiary/aromatic N) is 1. The highest BCUT2D eigenvalue weighted by molar-refractivity contribution is 7.16. The molecule has 1 aromatic heterocycles. The van der Waals surface area contributed by atoms with E-state index in [0.717, 1.165) is 21.1 Å². The molecule has 3 aromatic rings. The van der Waals surface area contributed by atoms with E-state index in [0.29, 0.717) is 30.3 Å². The van der Waals surface area contributed by atoms with Crippen LogP contribution in [0, 0.1) is 0 Å². The molecular weight excluding hydrogens is 374 g/mol. The molecule has 28 heavy (non-hydrogen) atoms. The number of benzene rings is 2. The van der Waals surface area contributed by atoms with Gasteiger partial charge in [0.2, 0.25) is 5.91 Å². The Kier molecular flexibility index (Phi) is 5.16. The van der Waals surface area contributed by atoms with Crippen LogP contribution in [0.3, 0.4) is 0 Å². The normalized spacial score (nSPS) is 15.5. The molecule has 2 heterocycles. The molecule has 2 N–H and O–H groups in total. The number of carbonyl (C=O) groups excluding carboxylic acids is 1. The van der Waals surface area contributed by atoms with Crippen molar-refractivity contribution in [2.75, 3.05) is 24.8 Å². The van der Waals surface area contributed by atoms with Crippen LogP contribution in [-0.2, 0) is 11.4 Å². The molecule has 0 saturated carbocycles. The number of nitrogens with one attached hydrogen (secondary N) is 2. The van der Waals surface area contributed by atoms with E-state index in [2.05, 4.69) is 15.6 Å². The minimum atomic E-state index is -0.0552. The maximum Gasteiger partial charge on any atom is 0.226 e. The number of fused-ring (bicyclic) bond motifs is 1. The third-order valence-electron chi connectivity index (χ3n) is 4.66. The number of rotatable bonds is 6. The Morgan fingerprint density at radius 2 is 2.04 bits per heavy atom. The molecule has 2 aromatic carbocycles. The van der Waals surface area contributed by atoms with Gasteiger partial charge in [0, 0.05) is 19.4 Å². The van der Waals surface area contributed by atoms with Gasteiger partial charge in [-0.1, -0.05) is 47.7 Å². The molecule has 4 rings (SSSR count). The van der Waals surface area contributed by atoms with Gasteiger partial charge in [-0.25, -0.2) is 4.98 Å². The lowest BCUT2D eigenvalue weighted by Crippen LogP contribution is -2.22. The highest BCUT2D eigenvalue weighted by Gasteiger charge is 2.30. The first-order valence-corrected chi connectivity index (χ1v) is 9.82. The van der Waals surface area contributed by atoms with Gasteiger partial charge in [0.05, 0.1) is 12.0 Å². The Bertz CT molecular complexity index is 988. The zero-order valence-electron chi connectivity index (χ0n) is 15.7. The lowest BCUT2D eigenvalue weighted by atomic mass is 9.91. The number of thiazole rings is 1.